The van der Waals surface area contributed by atoms with Gasteiger partial charge in [-0.25, -0.2) is 0 Å². The number of carbonyl (C=O) groups excluding carboxylic acids is 1. The Morgan fingerprint density at radius 2 is 1.52 bits per heavy atom. The van der Waals surface area contributed by atoms with Crippen LogP contribution in [-0.4, -0.2) is 12.0 Å². The second-order valence-corrected chi connectivity index (χ2v) is 4.68. The van der Waals surface area contributed by atoms with Gasteiger partial charge in [0.15, 0.2) is 0 Å². The van der Waals surface area contributed by atoms with Crippen LogP contribution in [0.15, 0.2) is 60.7 Å². The first kappa shape index (κ1) is 17.2. The quantitative estimate of drug-likeness (QED) is 0.832. The molecule has 0 fully saturated rings. The molecule has 0 radical (unpaired) electrons. The standard InChI is InChI=1S/C17H19NO2.ClH/c1-14(18-12-15-8-4-2-5-9-15)17(19)20-13-16-10-6-3-7-11-16;/h2-11,14,18H,12-13H2,1H3;1H/t14-;/m0./s1. The first-order valence-corrected chi connectivity index (χ1v) is 6.73. The van der Waals surface area contributed by atoms with E-state index in [9.17, 15) is 4.79 Å². The molecule has 0 aliphatic heterocycles. The molecule has 2 aromatic rings. The molecule has 0 heterocycles. The lowest BCUT2D eigenvalue weighted by Crippen LogP contribution is -2.34. The van der Waals surface area contributed by atoms with Crippen molar-refractivity contribution in [3.05, 3.63) is 71.8 Å². The molecule has 0 aliphatic rings. The van der Waals surface area contributed by atoms with Crippen molar-refractivity contribution in [3.8, 4) is 0 Å². The first-order valence-electron chi connectivity index (χ1n) is 6.73. The highest BCUT2D eigenvalue weighted by Crippen LogP contribution is 2.03. The number of hydrogen-bond donors (Lipinski definition) is 1. The van der Waals surface area contributed by atoms with E-state index in [0.29, 0.717) is 13.2 Å². The molecule has 3 nitrogen and oxygen atoms in total. The van der Waals surface area contributed by atoms with Crippen molar-refractivity contribution in [2.24, 2.45) is 0 Å². The Morgan fingerprint density at radius 3 is 2.10 bits per heavy atom. The van der Waals surface area contributed by atoms with E-state index >= 15 is 0 Å². The average molecular weight is 306 g/mol. The fraction of sp³-hybridized carbons (Fsp3) is 0.235. The van der Waals surface area contributed by atoms with Gasteiger partial charge in [0.1, 0.15) is 12.6 Å². The largest absolute Gasteiger partial charge is 0.460 e. The lowest BCUT2D eigenvalue weighted by molar-refractivity contribution is -0.147. The number of nitrogens with one attached hydrogen (secondary N) is 1. The van der Waals surface area contributed by atoms with Crippen molar-refractivity contribution >= 4 is 18.4 Å². The summed E-state index contributed by atoms with van der Waals surface area (Å²) in [6, 6.07) is 19.3. The molecule has 2 aromatic carbocycles. The van der Waals surface area contributed by atoms with Gasteiger partial charge in [-0.1, -0.05) is 60.7 Å². The first-order chi connectivity index (χ1) is 9.75. The maximum atomic E-state index is 11.9. The highest BCUT2D eigenvalue weighted by Gasteiger charge is 2.13. The molecule has 0 aliphatic carbocycles. The van der Waals surface area contributed by atoms with Crippen molar-refractivity contribution in [3.63, 3.8) is 0 Å². The molecule has 4 heteroatoms. The zero-order chi connectivity index (χ0) is 14.2. The molecule has 0 saturated carbocycles. The lowest BCUT2D eigenvalue weighted by atomic mass is 10.2. The molecule has 1 atom stereocenters. The third-order valence-corrected chi connectivity index (χ3v) is 3.03. The Balaban J connectivity index is 0.00000220. The summed E-state index contributed by atoms with van der Waals surface area (Å²) < 4.78 is 5.28. The molecule has 0 spiro atoms. The highest BCUT2D eigenvalue weighted by molar-refractivity contribution is 5.85. The number of hydrogen-bond acceptors (Lipinski definition) is 3. The van der Waals surface area contributed by atoms with Gasteiger partial charge in [0, 0.05) is 6.54 Å². The van der Waals surface area contributed by atoms with Gasteiger partial charge in [0.05, 0.1) is 0 Å². The Labute approximate surface area is 131 Å². The van der Waals surface area contributed by atoms with Gasteiger partial charge < -0.3 is 10.1 Å². The molecular weight excluding hydrogens is 286 g/mol. The number of ether oxygens (including phenoxy) is 1. The number of rotatable bonds is 6. The molecule has 1 N–H and O–H groups in total. The third-order valence-electron chi connectivity index (χ3n) is 3.03. The minimum Gasteiger partial charge on any atom is -0.460 e. The van der Waals surface area contributed by atoms with Crippen LogP contribution in [0.2, 0.25) is 0 Å². The molecule has 112 valence electrons. The molecule has 0 saturated heterocycles. The fourth-order valence-electron chi connectivity index (χ4n) is 1.80. The SMILES string of the molecule is C[C@H](NCc1ccccc1)C(=O)OCc1ccccc1.Cl. The van der Waals surface area contributed by atoms with Gasteiger partial charge in [0.2, 0.25) is 0 Å². The zero-order valence-electron chi connectivity index (χ0n) is 12.0. The fourth-order valence-corrected chi connectivity index (χ4v) is 1.80. The summed E-state index contributed by atoms with van der Waals surface area (Å²) in [5.74, 6) is -0.232. The summed E-state index contributed by atoms with van der Waals surface area (Å²) in [6.07, 6.45) is 0. The van der Waals surface area contributed by atoms with Crippen molar-refractivity contribution in [1.29, 1.82) is 0 Å². The van der Waals surface area contributed by atoms with Gasteiger partial charge in [-0.3, -0.25) is 4.79 Å². The van der Waals surface area contributed by atoms with Gasteiger partial charge in [-0.05, 0) is 18.1 Å². The molecule has 0 amide bonds. The Bertz CT molecular complexity index is 531. The van der Waals surface area contributed by atoms with Crippen molar-refractivity contribution in [1.82, 2.24) is 5.32 Å². The summed E-state index contributed by atoms with van der Waals surface area (Å²) in [4.78, 5) is 11.9. The summed E-state index contributed by atoms with van der Waals surface area (Å²) in [7, 11) is 0. The van der Waals surface area contributed by atoms with Crippen LogP contribution in [0.4, 0.5) is 0 Å². The van der Waals surface area contributed by atoms with Crippen molar-refractivity contribution in [2.75, 3.05) is 0 Å². The van der Waals surface area contributed by atoms with E-state index in [4.69, 9.17) is 4.74 Å². The van der Waals surface area contributed by atoms with Gasteiger partial charge in [0.25, 0.3) is 0 Å². The minimum atomic E-state index is -0.320. The van der Waals surface area contributed by atoms with Crippen LogP contribution in [0.3, 0.4) is 0 Å². The summed E-state index contributed by atoms with van der Waals surface area (Å²) in [5.41, 5.74) is 2.14. The topological polar surface area (TPSA) is 38.3 Å². The monoisotopic (exact) mass is 305 g/mol. The normalized spacial score (nSPS) is 11.3. The van der Waals surface area contributed by atoms with Crippen LogP contribution in [0.5, 0.6) is 0 Å². The zero-order valence-corrected chi connectivity index (χ0v) is 12.8. The Kier molecular flexibility index (Phi) is 7.51. The molecular formula is C17H20ClNO2. The third kappa shape index (κ3) is 5.98. The average Bonchev–Trinajstić information content (AvgIpc) is 2.52. The number of benzene rings is 2. The predicted octanol–water partition coefficient (Wildman–Crippen LogP) is 3.33. The highest BCUT2D eigenvalue weighted by atomic mass is 35.5. The summed E-state index contributed by atoms with van der Waals surface area (Å²) >= 11 is 0. The summed E-state index contributed by atoms with van der Waals surface area (Å²) in [6.45, 7) is 2.79. The summed E-state index contributed by atoms with van der Waals surface area (Å²) in [5, 5.41) is 3.16. The Morgan fingerprint density at radius 1 is 1.00 bits per heavy atom. The smallest absolute Gasteiger partial charge is 0.323 e. The number of esters is 1. The molecule has 0 unspecified atom stereocenters. The predicted molar refractivity (Wildman–Crippen MR) is 86.2 cm³/mol. The van der Waals surface area contributed by atoms with Crippen LogP contribution >= 0.6 is 12.4 Å². The number of carbonyl (C=O) groups is 1. The molecule has 0 bridgehead atoms. The lowest BCUT2D eigenvalue weighted by Gasteiger charge is -2.13. The van der Waals surface area contributed by atoms with Gasteiger partial charge >= 0.3 is 5.97 Å². The molecule has 21 heavy (non-hydrogen) atoms. The van der Waals surface area contributed by atoms with Crippen molar-refractivity contribution in [2.45, 2.75) is 26.1 Å². The second-order valence-electron chi connectivity index (χ2n) is 4.68. The van der Waals surface area contributed by atoms with E-state index in [1.807, 2.05) is 67.6 Å². The molecule has 0 aromatic heterocycles. The van der Waals surface area contributed by atoms with Gasteiger partial charge in [-0.15, -0.1) is 12.4 Å². The van der Waals surface area contributed by atoms with E-state index < -0.39 is 0 Å². The maximum Gasteiger partial charge on any atom is 0.323 e. The van der Waals surface area contributed by atoms with Crippen LogP contribution in [-0.2, 0) is 22.7 Å². The Hall–Kier alpha value is -1.84. The van der Waals surface area contributed by atoms with E-state index in [1.165, 1.54) is 0 Å². The minimum absolute atomic E-state index is 0. The van der Waals surface area contributed by atoms with Crippen LogP contribution in [0.1, 0.15) is 18.1 Å². The van der Waals surface area contributed by atoms with Crippen molar-refractivity contribution < 1.29 is 9.53 Å². The van der Waals surface area contributed by atoms with E-state index in [2.05, 4.69) is 5.32 Å². The van der Waals surface area contributed by atoms with Crippen LogP contribution in [0.25, 0.3) is 0 Å². The van der Waals surface area contributed by atoms with E-state index in [1.54, 1.807) is 0 Å². The molecule has 2 rings (SSSR count). The van der Waals surface area contributed by atoms with E-state index in [-0.39, 0.29) is 24.4 Å². The second kappa shape index (κ2) is 9.16. The maximum absolute atomic E-state index is 11.9. The number of halogens is 1. The van der Waals surface area contributed by atoms with E-state index in [0.717, 1.165) is 11.1 Å². The van der Waals surface area contributed by atoms with Crippen LogP contribution in [0, 0.1) is 0 Å². The van der Waals surface area contributed by atoms with Gasteiger partial charge in [-0.2, -0.15) is 0 Å². The van der Waals surface area contributed by atoms with Crippen LogP contribution < -0.4 is 5.32 Å².